The molecule has 0 bridgehead atoms. The second kappa shape index (κ2) is 5.00. The Morgan fingerprint density at radius 1 is 1.05 bits per heavy atom. The summed E-state index contributed by atoms with van der Waals surface area (Å²) in [5.74, 6) is 0.746. The summed E-state index contributed by atoms with van der Waals surface area (Å²) in [7, 11) is 1.64. The van der Waals surface area contributed by atoms with Crippen molar-refractivity contribution in [3.8, 4) is 0 Å². The highest BCUT2D eigenvalue weighted by Gasteiger charge is 2.24. The fraction of sp³-hybridized carbons (Fsp3) is 0.125. The van der Waals surface area contributed by atoms with Gasteiger partial charge in [-0.15, -0.1) is 0 Å². The van der Waals surface area contributed by atoms with Crippen molar-refractivity contribution in [3.63, 3.8) is 0 Å². The molecule has 1 unspecified atom stereocenters. The van der Waals surface area contributed by atoms with E-state index in [0.717, 1.165) is 28.3 Å². The molecular weight excluding hydrogens is 252 g/mol. The van der Waals surface area contributed by atoms with Gasteiger partial charge in [-0.05, 0) is 24.3 Å². The molecule has 1 heterocycles. The number of para-hydroxylation sites is 2. The summed E-state index contributed by atoms with van der Waals surface area (Å²) in [4.78, 5) is 1.70. The van der Waals surface area contributed by atoms with Gasteiger partial charge in [0.25, 0.3) is 0 Å². The van der Waals surface area contributed by atoms with Gasteiger partial charge in [0.15, 0.2) is 6.35 Å². The first-order chi connectivity index (χ1) is 9.72. The number of nitrogens with zero attached hydrogens (tertiary/aromatic N) is 1. The van der Waals surface area contributed by atoms with Crippen LogP contribution < -0.4 is 10.6 Å². The fourth-order valence-electron chi connectivity index (χ4n) is 2.52. The van der Waals surface area contributed by atoms with Gasteiger partial charge in [-0.2, -0.15) is 0 Å². The Morgan fingerprint density at radius 2 is 1.70 bits per heavy atom. The van der Waals surface area contributed by atoms with Gasteiger partial charge in [0.1, 0.15) is 5.76 Å². The lowest BCUT2D eigenvalue weighted by Gasteiger charge is -2.29. The van der Waals surface area contributed by atoms with E-state index in [2.05, 4.69) is 0 Å². The number of nitrogens with two attached hydrogens (primary N) is 1. The van der Waals surface area contributed by atoms with Gasteiger partial charge in [-0.25, -0.2) is 0 Å². The number of ether oxygens (including phenoxy) is 1. The van der Waals surface area contributed by atoms with Crippen molar-refractivity contribution in [2.75, 3.05) is 12.0 Å². The van der Waals surface area contributed by atoms with Crippen LogP contribution in [-0.2, 0) is 4.74 Å². The van der Waals surface area contributed by atoms with Crippen LogP contribution in [0, 0.1) is 0 Å². The minimum atomic E-state index is -1.12. The van der Waals surface area contributed by atoms with Crippen molar-refractivity contribution >= 4 is 23.2 Å². The molecule has 0 spiro atoms. The molecule has 4 nitrogen and oxygen atoms in total. The number of aliphatic hydroxyl groups is 1. The molecule has 4 heteroatoms. The van der Waals surface area contributed by atoms with Crippen molar-refractivity contribution in [2.24, 2.45) is 5.73 Å². The van der Waals surface area contributed by atoms with E-state index in [1.54, 1.807) is 12.0 Å². The zero-order valence-electron chi connectivity index (χ0n) is 11.2. The van der Waals surface area contributed by atoms with E-state index in [1.165, 1.54) is 0 Å². The predicted octanol–water partition coefficient (Wildman–Crippen LogP) is 2.52. The molecule has 3 rings (SSSR count). The van der Waals surface area contributed by atoms with E-state index in [-0.39, 0.29) is 0 Å². The van der Waals surface area contributed by atoms with E-state index >= 15 is 0 Å². The van der Waals surface area contributed by atoms with Crippen LogP contribution in [0.2, 0.25) is 0 Å². The Kier molecular flexibility index (Phi) is 3.18. The molecule has 0 amide bonds. The van der Waals surface area contributed by atoms with Crippen molar-refractivity contribution < 1.29 is 9.84 Å². The van der Waals surface area contributed by atoms with E-state index in [0.29, 0.717) is 0 Å². The number of hydrogen-bond donors (Lipinski definition) is 2. The summed E-state index contributed by atoms with van der Waals surface area (Å²) in [5.41, 5.74) is 9.29. The highest BCUT2D eigenvalue weighted by molar-refractivity contribution is 5.92. The van der Waals surface area contributed by atoms with Crippen molar-refractivity contribution in [3.05, 3.63) is 59.7 Å². The smallest absolute Gasteiger partial charge is 0.185 e. The molecule has 1 atom stereocenters. The third-order valence-corrected chi connectivity index (χ3v) is 3.40. The molecule has 102 valence electrons. The van der Waals surface area contributed by atoms with Crippen LogP contribution in [0.5, 0.6) is 0 Å². The molecule has 20 heavy (non-hydrogen) atoms. The van der Waals surface area contributed by atoms with Crippen molar-refractivity contribution in [1.82, 2.24) is 0 Å². The van der Waals surface area contributed by atoms with Gasteiger partial charge in [-0.1, -0.05) is 30.3 Å². The van der Waals surface area contributed by atoms with Gasteiger partial charge >= 0.3 is 0 Å². The second-order valence-electron chi connectivity index (χ2n) is 4.57. The summed E-state index contributed by atoms with van der Waals surface area (Å²) in [6.07, 6.45) is 0.832. The van der Waals surface area contributed by atoms with Crippen LogP contribution in [0.3, 0.4) is 0 Å². The van der Waals surface area contributed by atoms with Gasteiger partial charge in [0.05, 0.1) is 18.5 Å². The van der Waals surface area contributed by atoms with Crippen LogP contribution >= 0.6 is 0 Å². The van der Waals surface area contributed by atoms with Gasteiger partial charge < -0.3 is 14.7 Å². The summed E-state index contributed by atoms with van der Waals surface area (Å²) < 4.78 is 5.49. The Hall–Kier alpha value is -2.30. The molecule has 1 aliphatic rings. The zero-order valence-corrected chi connectivity index (χ0v) is 11.2. The molecule has 0 aliphatic carbocycles. The summed E-state index contributed by atoms with van der Waals surface area (Å²) in [6.45, 7) is 0. The lowest BCUT2D eigenvalue weighted by Crippen LogP contribution is -2.39. The molecule has 3 N–H and O–H groups in total. The number of fused-ring (bicyclic) bond motifs is 2. The summed E-state index contributed by atoms with van der Waals surface area (Å²) in [5, 5.41) is 9.99. The minimum absolute atomic E-state index is 0.746. The van der Waals surface area contributed by atoms with Crippen LogP contribution in [0.4, 0.5) is 11.4 Å². The SMILES string of the molecule is COC1=Cc2ccccc2N(C(N)O)c2ccccc21. The zero-order chi connectivity index (χ0) is 14.1. The Morgan fingerprint density at radius 3 is 2.40 bits per heavy atom. The molecule has 0 saturated heterocycles. The molecule has 0 fully saturated rings. The number of methoxy groups -OCH3 is 1. The van der Waals surface area contributed by atoms with Crippen molar-refractivity contribution in [1.29, 1.82) is 0 Å². The standard InChI is InChI=1S/C16H16N2O2/c1-20-15-10-11-6-2-4-8-13(11)18(16(17)19)14-9-5-3-7-12(14)15/h2-10,16,19H,17H2,1H3. The molecule has 0 saturated carbocycles. The van der Waals surface area contributed by atoms with Crippen molar-refractivity contribution in [2.45, 2.75) is 6.35 Å². The second-order valence-corrected chi connectivity index (χ2v) is 4.57. The Balaban J connectivity index is 2.32. The third-order valence-electron chi connectivity index (χ3n) is 3.40. The monoisotopic (exact) mass is 268 g/mol. The number of hydrogen-bond acceptors (Lipinski definition) is 4. The molecular formula is C16H16N2O2. The van der Waals surface area contributed by atoms with E-state index in [9.17, 15) is 5.11 Å². The molecule has 2 aromatic rings. The quantitative estimate of drug-likeness (QED) is 0.822. The Bertz CT molecular complexity index is 665. The average Bonchev–Trinajstić information content (AvgIpc) is 2.61. The van der Waals surface area contributed by atoms with E-state index in [4.69, 9.17) is 10.5 Å². The fourth-order valence-corrected chi connectivity index (χ4v) is 2.52. The van der Waals surface area contributed by atoms with E-state index in [1.807, 2.05) is 54.6 Å². The summed E-state index contributed by atoms with van der Waals surface area (Å²) >= 11 is 0. The molecule has 0 radical (unpaired) electrons. The first-order valence-corrected chi connectivity index (χ1v) is 6.39. The topological polar surface area (TPSA) is 58.7 Å². The normalized spacial score (nSPS) is 14.8. The molecule has 1 aliphatic heterocycles. The van der Waals surface area contributed by atoms with Gasteiger partial charge in [0.2, 0.25) is 0 Å². The first-order valence-electron chi connectivity index (χ1n) is 6.39. The molecule has 0 aromatic heterocycles. The maximum atomic E-state index is 9.99. The summed E-state index contributed by atoms with van der Waals surface area (Å²) in [6, 6.07) is 15.5. The highest BCUT2D eigenvalue weighted by atomic mass is 16.5. The minimum Gasteiger partial charge on any atom is -0.496 e. The van der Waals surface area contributed by atoms with E-state index < -0.39 is 6.35 Å². The number of benzene rings is 2. The van der Waals surface area contributed by atoms with Gasteiger partial charge in [-0.3, -0.25) is 5.73 Å². The number of anilines is 2. The maximum absolute atomic E-state index is 9.99. The lowest BCUT2D eigenvalue weighted by atomic mass is 10.1. The molecule has 2 aromatic carbocycles. The van der Waals surface area contributed by atoms with Gasteiger partial charge in [0, 0.05) is 11.1 Å². The van der Waals surface area contributed by atoms with Crippen LogP contribution in [0.15, 0.2) is 48.5 Å². The van der Waals surface area contributed by atoms with Crippen LogP contribution in [-0.4, -0.2) is 18.6 Å². The van der Waals surface area contributed by atoms with Crippen LogP contribution in [0.25, 0.3) is 11.8 Å². The lowest BCUT2D eigenvalue weighted by molar-refractivity contribution is 0.189. The third kappa shape index (κ3) is 1.95. The number of aliphatic hydroxyl groups excluding tert-OH is 1. The number of rotatable bonds is 2. The van der Waals surface area contributed by atoms with Crippen LogP contribution in [0.1, 0.15) is 11.1 Å². The largest absolute Gasteiger partial charge is 0.496 e. The Labute approximate surface area is 117 Å². The first kappa shape index (κ1) is 12.7. The maximum Gasteiger partial charge on any atom is 0.185 e. The highest BCUT2D eigenvalue weighted by Crippen LogP contribution is 2.39. The predicted molar refractivity (Wildman–Crippen MR) is 80.1 cm³/mol. The average molecular weight is 268 g/mol.